The van der Waals surface area contributed by atoms with Crippen molar-refractivity contribution in [2.75, 3.05) is 23.5 Å². The number of H-pyrrole nitrogens is 1. The maximum absolute atomic E-state index is 13.2. The lowest BCUT2D eigenvalue weighted by Crippen LogP contribution is -2.47. The summed E-state index contributed by atoms with van der Waals surface area (Å²) in [7, 11) is 1.70. The number of anilines is 2. The van der Waals surface area contributed by atoms with Gasteiger partial charge in [-0.3, -0.25) is 4.79 Å². The van der Waals surface area contributed by atoms with Crippen LogP contribution in [0.25, 0.3) is 0 Å². The Morgan fingerprint density at radius 2 is 2.03 bits per heavy atom. The zero-order valence-electron chi connectivity index (χ0n) is 16.6. The molecule has 0 fully saturated rings. The van der Waals surface area contributed by atoms with E-state index in [0.717, 1.165) is 11.1 Å². The molecule has 158 valence electrons. The Balaban J connectivity index is 1.69. The van der Waals surface area contributed by atoms with Crippen LogP contribution in [0.5, 0.6) is 0 Å². The minimum atomic E-state index is -0.950. The summed E-state index contributed by atoms with van der Waals surface area (Å²) in [5, 5.41) is 14.0. The quantitative estimate of drug-likeness (QED) is 0.396. The second kappa shape index (κ2) is 9.04. The number of rotatable bonds is 4. The predicted molar refractivity (Wildman–Crippen MR) is 128 cm³/mol. The molecule has 0 saturated heterocycles. The predicted octanol–water partition coefficient (Wildman–Crippen LogP) is 3.31. The Labute approximate surface area is 193 Å². The smallest absolute Gasteiger partial charge is 0.272 e. The Hall–Kier alpha value is -2.95. The molecule has 11 heteroatoms. The summed E-state index contributed by atoms with van der Waals surface area (Å²) in [5.41, 5.74) is 2.97. The van der Waals surface area contributed by atoms with Crippen molar-refractivity contribution in [2.24, 2.45) is 4.99 Å². The number of thioether (sulfide) groups is 1. The number of benzodiazepines with no additional fused rings is 1. The third-order valence-corrected chi connectivity index (χ3v) is 5.59. The molecule has 2 heterocycles. The third kappa shape index (κ3) is 4.55. The Bertz CT molecular complexity index is 1170. The molecule has 0 aliphatic carbocycles. The topological polar surface area (TPSA) is 98.3 Å². The van der Waals surface area contributed by atoms with Crippen molar-refractivity contribution >= 4 is 63.9 Å². The zero-order chi connectivity index (χ0) is 22.0. The summed E-state index contributed by atoms with van der Waals surface area (Å²) in [6.45, 7) is 0. The first kappa shape index (κ1) is 21.3. The van der Waals surface area contributed by atoms with Gasteiger partial charge in [0, 0.05) is 23.2 Å². The highest BCUT2D eigenvalue weighted by atomic mass is 35.5. The number of aliphatic imine (C=N–C) groups is 1. The van der Waals surface area contributed by atoms with E-state index in [2.05, 4.69) is 25.8 Å². The SMILES string of the molecule is CSc1n[nH]c(NC(=S)NC2N=C(c3ccccc3)c3cc(Cl)ccc3N(C)C2=O)n1. The first-order valence-electron chi connectivity index (χ1n) is 9.21. The number of hydrogen-bond donors (Lipinski definition) is 3. The van der Waals surface area contributed by atoms with E-state index in [1.54, 1.807) is 18.0 Å². The van der Waals surface area contributed by atoms with Gasteiger partial charge >= 0.3 is 0 Å². The van der Waals surface area contributed by atoms with Gasteiger partial charge in [0.1, 0.15) is 0 Å². The molecule has 0 spiro atoms. The molecule has 0 bridgehead atoms. The van der Waals surface area contributed by atoms with Crippen LogP contribution < -0.4 is 15.5 Å². The molecule has 4 rings (SSSR count). The van der Waals surface area contributed by atoms with Gasteiger partial charge in [-0.15, -0.1) is 5.10 Å². The second-order valence-electron chi connectivity index (χ2n) is 6.57. The number of nitrogens with zero attached hydrogens (tertiary/aromatic N) is 4. The van der Waals surface area contributed by atoms with Crippen LogP contribution in [-0.2, 0) is 4.79 Å². The summed E-state index contributed by atoms with van der Waals surface area (Å²) in [5.74, 6) is 0.111. The van der Waals surface area contributed by atoms with Gasteiger partial charge in [-0.05, 0) is 36.7 Å². The van der Waals surface area contributed by atoms with Crippen molar-refractivity contribution in [3.63, 3.8) is 0 Å². The van der Waals surface area contributed by atoms with Gasteiger partial charge in [0.25, 0.3) is 5.91 Å². The molecule has 3 aromatic rings. The number of likely N-dealkylation sites (N-methyl/N-ethyl adjacent to an activating group) is 1. The highest BCUT2D eigenvalue weighted by molar-refractivity contribution is 7.98. The van der Waals surface area contributed by atoms with E-state index in [9.17, 15) is 4.79 Å². The molecule has 1 aromatic heterocycles. The molecule has 8 nitrogen and oxygen atoms in total. The van der Waals surface area contributed by atoms with Crippen LogP contribution in [0.15, 0.2) is 58.7 Å². The van der Waals surface area contributed by atoms with Crippen LogP contribution in [0.2, 0.25) is 5.02 Å². The van der Waals surface area contributed by atoms with Crippen LogP contribution >= 0.6 is 35.6 Å². The lowest BCUT2D eigenvalue weighted by Gasteiger charge is -2.21. The lowest BCUT2D eigenvalue weighted by molar-refractivity contribution is -0.119. The van der Waals surface area contributed by atoms with E-state index in [1.807, 2.05) is 48.7 Å². The fourth-order valence-corrected chi connectivity index (χ4v) is 3.83. The molecule has 1 amide bonds. The summed E-state index contributed by atoms with van der Waals surface area (Å²) < 4.78 is 0. The number of thiocarbonyl (C=S) groups is 1. The number of benzene rings is 2. The molecule has 1 atom stereocenters. The summed E-state index contributed by atoms with van der Waals surface area (Å²) in [4.78, 5) is 23.7. The van der Waals surface area contributed by atoms with Gasteiger partial charge in [0.2, 0.25) is 17.3 Å². The van der Waals surface area contributed by atoms with Gasteiger partial charge in [0.15, 0.2) is 5.11 Å². The molecule has 1 unspecified atom stereocenters. The first-order valence-corrected chi connectivity index (χ1v) is 11.2. The van der Waals surface area contributed by atoms with Crippen molar-refractivity contribution in [2.45, 2.75) is 11.3 Å². The molecule has 1 aliphatic heterocycles. The number of fused-ring (bicyclic) bond motifs is 1. The molecule has 0 saturated carbocycles. The van der Waals surface area contributed by atoms with Crippen LogP contribution in [0.3, 0.4) is 0 Å². The van der Waals surface area contributed by atoms with Crippen LogP contribution in [0, 0.1) is 0 Å². The number of amides is 1. The summed E-state index contributed by atoms with van der Waals surface area (Å²) in [6, 6.07) is 15.0. The fraction of sp³-hybridized carbons (Fsp3) is 0.150. The Morgan fingerprint density at radius 3 is 2.74 bits per heavy atom. The standard InChI is InChI=1S/C20H18ClN7OS2/c1-28-14-9-8-12(21)10-13(14)15(11-6-4-3-5-7-11)22-16(17(28)29)23-19(30)24-18-25-20(31-2)27-26-18/h3-10,16H,1-2H3,(H3,23,24,25,26,27,30). The van der Waals surface area contributed by atoms with Crippen LogP contribution in [0.1, 0.15) is 11.1 Å². The molecule has 31 heavy (non-hydrogen) atoms. The van der Waals surface area contributed by atoms with Gasteiger partial charge in [-0.2, -0.15) is 4.98 Å². The second-order valence-corrected chi connectivity index (χ2v) is 8.19. The number of carbonyl (C=O) groups excluding carboxylic acids is 1. The van der Waals surface area contributed by atoms with E-state index in [0.29, 0.717) is 27.5 Å². The zero-order valence-corrected chi connectivity index (χ0v) is 19.0. The maximum Gasteiger partial charge on any atom is 0.272 e. The monoisotopic (exact) mass is 471 g/mol. The summed E-state index contributed by atoms with van der Waals surface area (Å²) >= 11 is 13.0. The van der Waals surface area contributed by atoms with Crippen molar-refractivity contribution in [1.29, 1.82) is 0 Å². The minimum Gasteiger partial charge on any atom is -0.333 e. The van der Waals surface area contributed by atoms with Crippen molar-refractivity contribution in [1.82, 2.24) is 20.5 Å². The largest absolute Gasteiger partial charge is 0.333 e. The molecule has 2 aromatic carbocycles. The van der Waals surface area contributed by atoms with E-state index < -0.39 is 6.17 Å². The number of nitrogens with one attached hydrogen (secondary N) is 3. The van der Waals surface area contributed by atoms with Crippen LogP contribution in [0.4, 0.5) is 11.6 Å². The number of aromatic nitrogens is 3. The van der Waals surface area contributed by atoms with E-state index in [-0.39, 0.29) is 11.0 Å². The summed E-state index contributed by atoms with van der Waals surface area (Å²) in [6.07, 6.45) is 0.919. The average Bonchev–Trinajstić information content (AvgIpc) is 3.20. The Kier molecular flexibility index (Phi) is 6.21. The third-order valence-electron chi connectivity index (χ3n) is 4.59. The van der Waals surface area contributed by atoms with Crippen molar-refractivity contribution in [3.05, 3.63) is 64.7 Å². The first-order chi connectivity index (χ1) is 15.0. The van der Waals surface area contributed by atoms with E-state index >= 15 is 0 Å². The number of carbonyl (C=O) groups is 1. The van der Waals surface area contributed by atoms with Gasteiger partial charge in [-0.1, -0.05) is 53.7 Å². The molecular formula is C20H18ClN7OS2. The highest BCUT2D eigenvalue weighted by Crippen LogP contribution is 2.29. The van der Waals surface area contributed by atoms with Gasteiger partial charge in [-0.25, -0.2) is 10.1 Å². The van der Waals surface area contributed by atoms with Crippen molar-refractivity contribution < 1.29 is 4.79 Å². The van der Waals surface area contributed by atoms with Gasteiger partial charge in [0.05, 0.1) is 11.4 Å². The fourth-order valence-electron chi connectivity index (χ4n) is 3.13. The maximum atomic E-state index is 13.2. The Morgan fingerprint density at radius 1 is 1.26 bits per heavy atom. The lowest BCUT2D eigenvalue weighted by atomic mass is 10.0. The number of halogens is 1. The minimum absolute atomic E-state index is 0.190. The number of aromatic amines is 1. The molecular weight excluding hydrogens is 454 g/mol. The molecule has 0 radical (unpaired) electrons. The average molecular weight is 472 g/mol. The normalized spacial score (nSPS) is 15.7. The van der Waals surface area contributed by atoms with E-state index in [1.165, 1.54) is 11.8 Å². The highest BCUT2D eigenvalue weighted by Gasteiger charge is 2.30. The number of hydrogen-bond acceptors (Lipinski definition) is 6. The van der Waals surface area contributed by atoms with Crippen LogP contribution in [-0.4, -0.2) is 51.4 Å². The van der Waals surface area contributed by atoms with E-state index in [4.69, 9.17) is 28.8 Å². The molecule has 1 aliphatic rings. The van der Waals surface area contributed by atoms with Gasteiger partial charge < -0.3 is 15.5 Å². The molecule has 3 N–H and O–H groups in total. The van der Waals surface area contributed by atoms with Crippen molar-refractivity contribution in [3.8, 4) is 0 Å².